The third-order valence-electron chi connectivity index (χ3n) is 8.26. The summed E-state index contributed by atoms with van der Waals surface area (Å²) < 4.78 is 2.47. The smallest absolute Gasteiger partial charge is 0.0715 e. The summed E-state index contributed by atoms with van der Waals surface area (Å²) in [6.07, 6.45) is 0.995. The molecule has 0 radical (unpaired) electrons. The van der Waals surface area contributed by atoms with Crippen LogP contribution in [0.4, 0.5) is 11.4 Å². The van der Waals surface area contributed by atoms with Gasteiger partial charge in [-0.15, -0.1) is 0 Å². The van der Waals surface area contributed by atoms with Gasteiger partial charge in [-0.3, -0.25) is 0 Å². The van der Waals surface area contributed by atoms with Crippen molar-refractivity contribution in [3.8, 4) is 39.3 Å². The maximum absolute atomic E-state index is 5.09. The molecule has 42 heavy (non-hydrogen) atoms. The van der Waals surface area contributed by atoms with Gasteiger partial charge in [0.05, 0.1) is 22.6 Å². The van der Waals surface area contributed by atoms with E-state index < -0.39 is 0 Å². The fourth-order valence-electron chi connectivity index (χ4n) is 6.33. The van der Waals surface area contributed by atoms with Crippen LogP contribution >= 0.6 is 0 Å². The van der Waals surface area contributed by atoms with Crippen LogP contribution in [0.25, 0.3) is 50.2 Å². The molecule has 0 saturated heterocycles. The van der Waals surface area contributed by atoms with Gasteiger partial charge in [-0.25, -0.2) is 4.98 Å². The number of para-hydroxylation sites is 2. The van der Waals surface area contributed by atoms with Gasteiger partial charge in [0.15, 0.2) is 0 Å². The topological polar surface area (TPSA) is 21.1 Å². The van der Waals surface area contributed by atoms with E-state index >= 15 is 0 Å². The average Bonchev–Trinajstić information content (AvgIpc) is 3.64. The van der Waals surface area contributed by atoms with E-state index in [4.69, 9.17) is 4.98 Å². The summed E-state index contributed by atoms with van der Waals surface area (Å²) in [7, 11) is 0. The number of pyridine rings is 1. The Balaban J connectivity index is 1.29. The Morgan fingerprint density at radius 1 is 0.476 bits per heavy atom. The molecule has 0 amide bonds. The van der Waals surface area contributed by atoms with Gasteiger partial charge in [0.1, 0.15) is 0 Å². The van der Waals surface area contributed by atoms with Gasteiger partial charge in [-0.2, -0.15) is 0 Å². The number of benzene rings is 5. The molecule has 0 saturated carbocycles. The number of aromatic nitrogens is 2. The van der Waals surface area contributed by atoms with Crippen molar-refractivity contribution >= 4 is 22.3 Å². The van der Waals surface area contributed by atoms with Crippen LogP contribution in [0.5, 0.6) is 0 Å². The summed E-state index contributed by atoms with van der Waals surface area (Å²) in [5, 5.41) is 1.29. The predicted octanol–water partition coefficient (Wildman–Crippen LogP) is 9.72. The molecule has 200 valence electrons. The van der Waals surface area contributed by atoms with Crippen LogP contribution in [0.15, 0.2) is 152 Å². The van der Waals surface area contributed by atoms with Gasteiger partial charge in [-0.05, 0) is 53.6 Å². The van der Waals surface area contributed by atoms with Gasteiger partial charge in [-0.1, -0.05) is 109 Å². The maximum Gasteiger partial charge on any atom is 0.0715 e. The maximum atomic E-state index is 5.09. The van der Waals surface area contributed by atoms with Crippen molar-refractivity contribution in [1.29, 1.82) is 0 Å². The highest BCUT2D eigenvalue weighted by Crippen LogP contribution is 2.44. The van der Waals surface area contributed by atoms with E-state index in [1.807, 2.05) is 12.1 Å². The molecule has 1 aliphatic heterocycles. The standard InChI is InChI=1S/C39H29N3/c1-4-13-28(14-5-1)35-26-31(27-36(40-35)29-15-6-2-7-16-29)30-17-12-20-33(25-30)42-37-22-11-10-21-34(37)39-38(42)23-24-41(39)32-18-8-3-9-19-32/h1-22,25-27H,23-24H2. The summed E-state index contributed by atoms with van der Waals surface area (Å²) in [5.74, 6) is 0. The van der Waals surface area contributed by atoms with Crippen LogP contribution in [-0.4, -0.2) is 16.1 Å². The highest BCUT2D eigenvalue weighted by molar-refractivity contribution is 6.00. The Bertz CT molecular complexity index is 1970. The van der Waals surface area contributed by atoms with Crippen LogP contribution in [0.3, 0.4) is 0 Å². The molecule has 5 aromatic carbocycles. The van der Waals surface area contributed by atoms with Crippen molar-refractivity contribution < 1.29 is 0 Å². The van der Waals surface area contributed by atoms with Crippen molar-refractivity contribution in [3.05, 3.63) is 157 Å². The number of nitrogens with zero attached hydrogens (tertiary/aromatic N) is 3. The molecule has 2 aromatic heterocycles. The van der Waals surface area contributed by atoms with Crippen molar-refractivity contribution in [2.24, 2.45) is 0 Å². The first kappa shape index (κ1) is 24.4. The van der Waals surface area contributed by atoms with E-state index in [2.05, 4.69) is 149 Å². The summed E-state index contributed by atoms with van der Waals surface area (Å²) >= 11 is 0. The lowest BCUT2D eigenvalue weighted by Crippen LogP contribution is -2.13. The zero-order chi connectivity index (χ0) is 27.9. The molecule has 0 atom stereocenters. The lowest BCUT2D eigenvalue weighted by atomic mass is 9.99. The van der Waals surface area contributed by atoms with Gasteiger partial charge < -0.3 is 9.47 Å². The highest BCUT2D eigenvalue weighted by atomic mass is 15.2. The Kier molecular flexibility index (Phi) is 5.93. The van der Waals surface area contributed by atoms with E-state index in [-0.39, 0.29) is 0 Å². The van der Waals surface area contributed by atoms with E-state index in [0.717, 1.165) is 41.0 Å². The molecule has 1 aliphatic rings. The number of anilines is 2. The van der Waals surface area contributed by atoms with Crippen molar-refractivity contribution in [1.82, 2.24) is 9.55 Å². The molecule has 0 spiro atoms. The first-order valence-electron chi connectivity index (χ1n) is 14.5. The van der Waals surface area contributed by atoms with E-state index in [9.17, 15) is 0 Å². The fourth-order valence-corrected chi connectivity index (χ4v) is 6.33. The Morgan fingerprint density at radius 2 is 1.05 bits per heavy atom. The Morgan fingerprint density at radius 3 is 1.74 bits per heavy atom. The van der Waals surface area contributed by atoms with Crippen LogP contribution in [-0.2, 0) is 6.42 Å². The van der Waals surface area contributed by atoms with E-state index in [1.165, 1.54) is 39.2 Å². The van der Waals surface area contributed by atoms with Crippen LogP contribution in [0.1, 0.15) is 5.69 Å². The zero-order valence-corrected chi connectivity index (χ0v) is 23.2. The molecule has 0 bridgehead atoms. The fraction of sp³-hybridized carbons (Fsp3) is 0.0513. The molecule has 0 unspecified atom stereocenters. The van der Waals surface area contributed by atoms with Crippen LogP contribution in [0, 0.1) is 0 Å². The largest absolute Gasteiger partial charge is 0.339 e. The molecule has 7 aromatic rings. The van der Waals surface area contributed by atoms with Crippen LogP contribution in [0.2, 0.25) is 0 Å². The second-order valence-corrected chi connectivity index (χ2v) is 10.8. The van der Waals surface area contributed by atoms with Crippen molar-refractivity contribution in [3.63, 3.8) is 0 Å². The Hall–Kier alpha value is -5.41. The minimum absolute atomic E-state index is 0.975. The predicted molar refractivity (Wildman–Crippen MR) is 175 cm³/mol. The third-order valence-corrected chi connectivity index (χ3v) is 8.26. The van der Waals surface area contributed by atoms with Crippen molar-refractivity contribution in [2.75, 3.05) is 11.4 Å². The third kappa shape index (κ3) is 4.18. The Labute approximate surface area is 246 Å². The molecule has 0 N–H and O–H groups in total. The quantitative estimate of drug-likeness (QED) is 0.217. The summed E-state index contributed by atoms with van der Waals surface area (Å²) in [5.41, 5.74) is 12.9. The van der Waals surface area contributed by atoms with Gasteiger partial charge in [0.25, 0.3) is 0 Å². The minimum atomic E-state index is 0.975. The molecule has 0 aliphatic carbocycles. The normalized spacial score (nSPS) is 12.5. The van der Waals surface area contributed by atoms with Gasteiger partial charge in [0, 0.05) is 46.5 Å². The zero-order valence-electron chi connectivity index (χ0n) is 23.2. The van der Waals surface area contributed by atoms with Crippen LogP contribution < -0.4 is 4.90 Å². The first-order chi connectivity index (χ1) is 20.8. The summed E-state index contributed by atoms with van der Waals surface area (Å²) in [6, 6.07) is 53.9. The summed E-state index contributed by atoms with van der Waals surface area (Å²) in [4.78, 5) is 7.56. The molecule has 3 nitrogen and oxygen atoms in total. The lowest BCUT2D eigenvalue weighted by Gasteiger charge is -2.19. The number of fused-ring (bicyclic) bond motifs is 3. The molecule has 3 heteroatoms. The summed E-state index contributed by atoms with van der Waals surface area (Å²) in [6.45, 7) is 0.977. The van der Waals surface area contributed by atoms with Gasteiger partial charge in [0.2, 0.25) is 0 Å². The molecule has 3 heterocycles. The SMILES string of the molecule is c1ccc(-c2cc(-c3cccc(-n4c5c(c6ccccc64)N(c4ccccc4)CC5)c3)cc(-c3ccccc3)n2)cc1. The minimum Gasteiger partial charge on any atom is -0.339 e. The van der Waals surface area contributed by atoms with Crippen molar-refractivity contribution in [2.45, 2.75) is 6.42 Å². The average molecular weight is 540 g/mol. The first-order valence-corrected chi connectivity index (χ1v) is 14.5. The second-order valence-electron chi connectivity index (χ2n) is 10.8. The number of hydrogen-bond acceptors (Lipinski definition) is 2. The van der Waals surface area contributed by atoms with E-state index in [1.54, 1.807) is 0 Å². The number of rotatable bonds is 5. The lowest BCUT2D eigenvalue weighted by molar-refractivity contribution is 0.934. The highest BCUT2D eigenvalue weighted by Gasteiger charge is 2.29. The number of hydrogen-bond donors (Lipinski definition) is 0. The van der Waals surface area contributed by atoms with E-state index in [0.29, 0.717) is 0 Å². The van der Waals surface area contributed by atoms with Gasteiger partial charge >= 0.3 is 0 Å². The monoisotopic (exact) mass is 539 g/mol. The molecular weight excluding hydrogens is 510 g/mol. The molecular formula is C39H29N3. The molecule has 0 fully saturated rings. The second kappa shape index (κ2) is 10.2. The molecule has 8 rings (SSSR count).